The van der Waals surface area contributed by atoms with Gasteiger partial charge in [0, 0.05) is 12.8 Å². The van der Waals surface area contributed by atoms with Crippen LogP contribution in [0.15, 0.2) is 12.2 Å². The van der Waals surface area contributed by atoms with Crippen LogP contribution in [-0.4, -0.2) is 82.3 Å². The smallest absolute Gasteiger partial charge is 0.306 e. The maximum absolute atomic E-state index is 12.9. The summed E-state index contributed by atoms with van der Waals surface area (Å²) in [6, 6.07) is 0. The van der Waals surface area contributed by atoms with Crippen LogP contribution in [0, 0.1) is 0 Å². The summed E-state index contributed by atoms with van der Waals surface area (Å²) >= 11 is 0. The van der Waals surface area contributed by atoms with Crippen LogP contribution < -0.4 is 5.11 Å². The van der Waals surface area contributed by atoms with Gasteiger partial charge in [-0.15, -0.1) is 0 Å². The Morgan fingerprint density at radius 3 is 1.00 bits per heavy atom. The summed E-state index contributed by atoms with van der Waals surface area (Å²) in [7, 11) is 5.94. The predicted octanol–water partition coefficient (Wildman–Crippen LogP) is 18.0. The summed E-state index contributed by atoms with van der Waals surface area (Å²) in [5.74, 6) is -2.25. The zero-order valence-electron chi connectivity index (χ0n) is 50.0. The lowest BCUT2D eigenvalue weighted by Crippen LogP contribution is -2.44. The van der Waals surface area contributed by atoms with Gasteiger partial charge in [-0.1, -0.05) is 289 Å². The highest BCUT2D eigenvalue weighted by molar-refractivity contribution is 5.70. The number of ether oxygens (including phenoxy) is 4. The largest absolute Gasteiger partial charge is 0.545 e. The van der Waals surface area contributed by atoms with Gasteiger partial charge in [-0.25, -0.2) is 0 Å². The molecule has 438 valence electrons. The monoisotopic (exact) mass is 1050 g/mol. The predicted molar refractivity (Wildman–Crippen MR) is 311 cm³/mol. The molecule has 2 unspecified atom stereocenters. The highest BCUT2D eigenvalue weighted by Crippen LogP contribution is 2.18. The Morgan fingerprint density at radius 2 is 0.689 bits per heavy atom. The number of quaternary nitrogens is 1. The van der Waals surface area contributed by atoms with E-state index >= 15 is 0 Å². The lowest BCUT2D eigenvalue weighted by atomic mass is 10.0. The third kappa shape index (κ3) is 57.7. The maximum atomic E-state index is 12.9. The van der Waals surface area contributed by atoms with Gasteiger partial charge in [0.1, 0.15) is 13.2 Å². The van der Waals surface area contributed by atoms with Crippen LogP contribution in [0.1, 0.15) is 328 Å². The quantitative estimate of drug-likeness (QED) is 0.0195. The minimum absolute atomic E-state index is 0.152. The lowest BCUT2D eigenvalue weighted by Gasteiger charge is -2.26. The zero-order valence-corrected chi connectivity index (χ0v) is 50.0. The second kappa shape index (κ2) is 57.2. The molecule has 0 aliphatic rings. The number of unbranched alkanes of at least 4 members (excludes halogenated alkanes) is 44. The molecule has 0 rings (SSSR count). The zero-order chi connectivity index (χ0) is 54.1. The van der Waals surface area contributed by atoms with Crippen molar-refractivity contribution >= 4 is 17.9 Å². The van der Waals surface area contributed by atoms with Gasteiger partial charge in [0.15, 0.2) is 12.4 Å². The number of carboxylic acid groups (broad SMARTS) is 1. The topological polar surface area (TPSA) is 111 Å². The van der Waals surface area contributed by atoms with Crippen molar-refractivity contribution < 1.29 is 42.9 Å². The van der Waals surface area contributed by atoms with E-state index in [1.165, 1.54) is 263 Å². The normalized spacial score (nSPS) is 12.7. The number of carbonyl (C=O) groups excluding carboxylic acids is 3. The molecule has 74 heavy (non-hydrogen) atoms. The van der Waals surface area contributed by atoms with Crippen molar-refractivity contribution in [2.24, 2.45) is 0 Å². The molecular weight excluding hydrogens is 923 g/mol. The molecule has 9 nitrogen and oxygen atoms in total. The third-order valence-electron chi connectivity index (χ3n) is 14.8. The second-order valence-corrected chi connectivity index (χ2v) is 23.4. The molecule has 0 aromatic carbocycles. The van der Waals surface area contributed by atoms with E-state index < -0.39 is 24.3 Å². The molecular formula is C65H125NO8. The van der Waals surface area contributed by atoms with Crippen molar-refractivity contribution in [3.63, 3.8) is 0 Å². The molecule has 2 atom stereocenters. The molecule has 0 spiro atoms. The Bertz CT molecular complexity index is 1220. The lowest BCUT2D eigenvalue weighted by molar-refractivity contribution is -0.870. The number of aliphatic carboxylic acids is 1. The average molecular weight is 1050 g/mol. The number of carboxylic acids is 1. The van der Waals surface area contributed by atoms with Crippen molar-refractivity contribution in [1.82, 2.24) is 0 Å². The van der Waals surface area contributed by atoms with E-state index in [0.717, 1.165) is 38.5 Å². The van der Waals surface area contributed by atoms with E-state index in [-0.39, 0.29) is 32.2 Å². The number of hydrogen-bond acceptors (Lipinski definition) is 8. The van der Waals surface area contributed by atoms with Gasteiger partial charge in [0.25, 0.3) is 0 Å². The molecule has 0 heterocycles. The molecule has 0 saturated carbocycles. The van der Waals surface area contributed by atoms with Gasteiger partial charge in [-0.2, -0.15) is 0 Å². The molecule has 0 N–H and O–H groups in total. The first-order valence-corrected chi connectivity index (χ1v) is 32.3. The molecule has 9 heteroatoms. The summed E-state index contributed by atoms with van der Waals surface area (Å²) < 4.78 is 22.8. The Labute approximate surface area is 459 Å². The molecule has 0 amide bonds. The first kappa shape index (κ1) is 72.0. The van der Waals surface area contributed by atoms with Crippen LogP contribution >= 0.6 is 0 Å². The fourth-order valence-electron chi connectivity index (χ4n) is 9.77. The SMILES string of the molecule is CCCCCCCCCC/C=C\CCCCCCCCCCCCCCCCCCCC(=O)OC(COC(=O)CCCCCCCCCCCCCCCCCCCCCC)COC(OCC[N+](C)(C)C)C(=O)[O-]. The minimum atomic E-state index is -1.62. The highest BCUT2D eigenvalue weighted by atomic mass is 16.7. The minimum Gasteiger partial charge on any atom is -0.545 e. The Morgan fingerprint density at radius 1 is 0.392 bits per heavy atom. The van der Waals surface area contributed by atoms with Gasteiger partial charge in [0.05, 0.1) is 40.3 Å². The molecule has 0 saturated heterocycles. The first-order chi connectivity index (χ1) is 36.1. The molecule has 0 fully saturated rings. The number of carbonyl (C=O) groups is 3. The van der Waals surface area contributed by atoms with Crippen LogP contribution in [0.25, 0.3) is 0 Å². The number of likely N-dealkylation sites (N-methyl/N-ethyl adjacent to an activating group) is 1. The van der Waals surface area contributed by atoms with Crippen LogP contribution in [0.4, 0.5) is 0 Å². The van der Waals surface area contributed by atoms with E-state index in [1.54, 1.807) is 0 Å². The van der Waals surface area contributed by atoms with Crippen molar-refractivity contribution in [2.75, 3.05) is 47.5 Å². The van der Waals surface area contributed by atoms with Gasteiger partial charge in [0.2, 0.25) is 0 Å². The number of hydrogen-bond donors (Lipinski definition) is 0. The van der Waals surface area contributed by atoms with Crippen molar-refractivity contribution in [2.45, 2.75) is 341 Å². The second-order valence-electron chi connectivity index (χ2n) is 23.4. The third-order valence-corrected chi connectivity index (χ3v) is 14.8. The summed E-state index contributed by atoms with van der Waals surface area (Å²) in [5, 5.41) is 11.8. The van der Waals surface area contributed by atoms with Crippen LogP contribution in [-0.2, 0) is 33.3 Å². The summed E-state index contributed by atoms with van der Waals surface area (Å²) in [4.78, 5) is 37.4. The molecule has 0 radical (unpaired) electrons. The first-order valence-electron chi connectivity index (χ1n) is 32.3. The number of esters is 2. The summed E-state index contributed by atoms with van der Waals surface area (Å²) in [6.07, 6.45) is 64.2. The average Bonchev–Trinajstić information content (AvgIpc) is 3.37. The fraction of sp³-hybridized carbons (Fsp3) is 0.923. The van der Waals surface area contributed by atoms with E-state index in [9.17, 15) is 19.5 Å². The highest BCUT2D eigenvalue weighted by Gasteiger charge is 2.22. The Hall–Kier alpha value is -1.97. The number of allylic oxidation sites excluding steroid dienone is 2. The van der Waals surface area contributed by atoms with Gasteiger partial charge in [-0.3, -0.25) is 9.59 Å². The Kier molecular flexibility index (Phi) is 55.7. The number of rotatable bonds is 61. The van der Waals surface area contributed by atoms with Gasteiger partial charge >= 0.3 is 11.9 Å². The fourth-order valence-corrected chi connectivity index (χ4v) is 9.77. The molecule has 0 aliphatic heterocycles. The molecule has 0 aromatic heterocycles. The Balaban J connectivity index is 4.10. The summed E-state index contributed by atoms with van der Waals surface area (Å²) in [6.45, 7) is 4.82. The standard InChI is InChI=1S/C65H125NO8/c1-6-8-10-12-14-16-18-20-22-24-26-28-29-30-31-32-33-34-35-36-38-40-42-44-46-48-50-52-54-56-63(68)74-61(60-73-65(64(69)70)71-58-57-66(3,4)5)59-72-62(67)55-53-51-49-47-45-43-41-39-37-27-25-23-21-19-17-15-13-11-9-7-2/h24,26,61,65H,6-23,25,27-60H2,1-5H3/b26-24-. The van der Waals surface area contributed by atoms with Crippen molar-refractivity contribution in [3.05, 3.63) is 12.2 Å². The molecule has 0 bridgehead atoms. The van der Waals surface area contributed by atoms with Gasteiger partial charge in [-0.05, 0) is 38.5 Å². The molecule has 0 aliphatic carbocycles. The van der Waals surface area contributed by atoms with E-state index in [4.69, 9.17) is 18.9 Å². The van der Waals surface area contributed by atoms with Crippen molar-refractivity contribution in [1.29, 1.82) is 0 Å². The molecule has 0 aromatic rings. The summed E-state index contributed by atoms with van der Waals surface area (Å²) in [5.41, 5.74) is 0. The number of nitrogens with zero attached hydrogens (tertiary/aromatic N) is 1. The van der Waals surface area contributed by atoms with Crippen molar-refractivity contribution in [3.8, 4) is 0 Å². The van der Waals surface area contributed by atoms with E-state index in [1.807, 2.05) is 21.1 Å². The van der Waals surface area contributed by atoms with Crippen LogP contribution in [0.2, 0.25) is 0 Å². The van der Waals surface area contributed by atoms with Gasteiger partial charge < -0.3 is 33.3 Å². The van der Waals surface area contributed by atoms with E-state index in [2.05, 4.69) is 26.0 Å². The van der Waals surface area contributed by atoms with E-state index in [0.29, 0.717) is 17.4 Å². The van der Waals surface area contributed by atoms with Crippen LogP contribution in [0.3, 0.4) is 0 Å². The van der Waals surface area contributed by atoms with Crippen LogP contribution in [0.5, 0.6) is 0 Å². The maximum Gasteiger partial charge on any atom is 0.306 e.